The molecule has 0 radical (unpaired) electrons. The summed E-state index contributed by atoms with van der Waals surface area (Å²) >= 11 is 0. The Labute approximate surface area is 104 Å². The minimum absolute atomic E-state index is 0.127. The van der Waals surface area contributed by atoms with E-state index in [0.29, 0.717) is 6.04 Å². The van der Waals surface area contributed by atoms with Gasteiger partial charge in [-0.1, -0.05) is 25.5 Å². The minimum Gasteiger partial charge on any atom is -0.392 e. The maximum atomic E-state index is 8.99. The minimum atomic E-state index is 0.127. The van der Waals surface area contributed by atoms with Crippen LogP contribution in [0.25, 0.3) is 0 Å². The lowest BCUT2D eigenvalue weighted by atomic mass is 9.84. The van der Waals surface area contributed by atoms with Crippen LogP contribution in [0.4, 0.5) is 5.69 Å². The molecule has 0 atom stereocenters. The Bertz CT molecular complexity index is 325. The van der Waals surface area contributed by atoms with E-state index in [1.165, 1.54) is 37.8 Å². The third-order valence-corrected chi connectivity index (χ3v) is 3.93. The van der Waals surface area contributed by atoms with Gasteiger partial charge in [0.05, 0.1) is 6.61 Å². The monoisotopic (exact) mass is 233 g/mol. The molecule has 2 N–H and O–H groups in total. The molecule has 2 rings (SSSR count). The molecule has 2 heteroatoms. The van der Waals surface area contributed by atoms with Crippen LogP contribution in [0, 0.1) is 5.92 Å². The maximum Gasteiger partial charge on any atom is 0.0681 e. The number of anilines is 1. The summed E-state index contributed by atoms with van der Waals surface area (Å²) < 4.78 is 0. The van der Waals surface area contributed by atoms with Gasteiger partial charge in [0.25, 0.3) is 0 Å². The van der Waals surface area contributed by atoms with Gasteiger partial charge in [-0.25, -0.2) is 0 Å². The summed E-state index contributed by atoms with van der Waals surface area (Å²) in [6.07, 6.45) is 6.64. The number of nitrogens with one attached hydrogen (secondary N) is 1. The molecule has 2 nitrogen and oxygen atoms in total. The molecule has 94 valence electrons. The Morgan fingerprint density at radius 1 is 1.12 bits per heavy atom. The van der Waals surface area contributed by atoms with Crippen molar-refractivity contribution in [1.82, 2.24) is 0 Å². The number of benzene rings is 1. The topological polar surface area (TPSA) is 32.3 Å². The average Bonchev–Trinajstić information content (AvgIpc) is 2.40. The Balaban J connectivity index is 1.84. The number of rotatable bonds is 4. The van der Waals surface area contributed by atoms with Gasteiger partial charge in [0.15, 0.2) is 0 Å². The number of aliphatic hydroxyl groups is 1. The van der Waals surface area contributed by atoms with Gasteiger partial charge < -0.3 is 10.4 Å². The van der Waals surface area contributed by atoms with Crippen molar-refractivity contribution in [2.24, 2.45) is 5.92 Å². The van der Waals surface area contributed by atoms with Crippen molar-refractivity contribution in [3.8, 4) is 0 Å². The van der Waals surface area contributed by atoms with E-state index >= 15 is 0 Å². The van der Waals surface area contributed by atoms with E-state index in [9.17, 15) is 0 Å². The largest absolute Gasteiger partial charge is 0.392 e. The summed E-state index contributed by atoms with van der Waals surface area (Å²) in [5.74, 6) is 0.949. The van der Waals surface area contributed by atoms with Gasteiger partial charge in [-0.15, -0.1) is 0 Å². The zero-order valence-corrected chi connectivity index (χ0v) is 10.7. The highest BCUT2D eigenvalue weighted by molar-refractivity contribution is 5.45. The Hall–Kier alpha value is -1.02. The first-order valence-corrected chi connectivity index (χ1v) is 6.78. The molecule has 0 unspecified atom stereocenters. The van der Waals surface area contributed by atoms with E-state index < -0.39 is 0 Å². The SMILES string of the molecule is CCC1CCC(Nc2ccc(CO)cc2)CC1. The highest BCUT2D eigenvalue weighted by atomic mass is 16.3. The quantitative estimate of drug-likeness (QED) is 0.833. The first kappa shape index (κ1) is 12.4. The summed E-state index contributed by atoms with van der Waals surface area (Å²) in [6, 6.07) is 8.74. The molecule has 0 aromatic heterocycles. The van der Waals surface area contributed by atoms with Crippen LogP contribution >= 0.6 is 0 Å². The first-order valence-electron chi connectivity index (χ1n) is 6.78. The predicted octanol–water partition coefficient (Wildman–Crippen LogP) is 3.56. The van der Waals surface area contributed by atoms with E-state index in [1.54, 1.807) is 0 Å². The molecular weight excluding hydrogens is 210 g/mol. The molecule has 1 aromatic carbocycles. The molecule has 17 heavy (non-hydrogen) atoms. The van der Waals surface area contributed by atoms with Crippen molar-refractivity contribution in [1.29, 1.82) is 0 Å². The third kappa shape index (κ3) is 3.47. The van der Waals surface area contributed by atoms with Crippen LogP contribution in [0.15, 0.2) is 24.3 Å². The molecule has 1 saturated carbocycles. The fourth-order valence-corrected chi connectivity index (χ4v) is 2.66. The zero-order valence-electron chi connectivity index (χ0n) is 10.7. The van der Waals surface area contributed by atoms with Crippen molar-refractivity contribution in [2.75, 3.05) is 5.32 Å². The van der Waals surface area contributed by atoms with E-state index in [2.05, 4.69) is 24.4 Å². The van der Waals surface area contributed by atoms with Crippen LogP contribution in [0.3, 0.4) is 0 Å². The van der Waals surface area contributed by atoms with Gasteiger partial charge in [0.2, 0.25) is 0 Å². The average molecular weight is 233 g/mol. The van der Waals surface area contributed by atoms with E-state index in [0.717, 1.165) is 11.5 Å². The van der Waals surface area contributed by atoms with Crippen LogP contribution in [-0.2, 0) is 6.61 Å². The lowest BCUT2D eigenvalue weighted by Crippen LogP contribution is -2.25. The highest BCUT2D eigenvalue weighted by Crippen LogP contribution is 2.28. The van der Waals surface area contributed by atoms with Gasteiger partial charge >= 0.3 is 0 Å². The van der Waals surface area contributed by atoms with Crippen LogP contribution in [0.5, 0.6) is 0 Å². The molecule has 1 aromatic rings. The van der Waals surface area contributed by atoms with Crippen molar-refractivity contribution < 1.29 is 5.11 Å². The van der Waals surface area contributed by atoms with Crippen molar-refractivity contribution in [2.45, 2.75) is 51.7 Å². The fraction of sp³-hybridized carbons (Fsp3) is 0.600. The van der Waals surface area contributed by atoms with Gasteiger partial charge in [-0.05, 0) is 49.3 Å². The van der Waals surface area contributed by atoms with Crippen LogP contribution in [0.2, 0.25) is 0 Å². The zero-order chi connectivity index (χ0) is 12.1. The summed E-state index contributed by atoms with van der Waals surface area (Å²) in [4.78, 5) is 0. The van der Waals surface area contributed by atoms with Crippen LogP contribution in [0.1, 0.15) is 44.6 Å². The third-order valence-electron chi connectivity index (χ3n) is 3.93. The highest BCUT2D eigenvalue weighted by Gasteiger charge is 2.19. The molecule has 0 amide bonds. The van der Waals surface area contributed by atoms with Crippen molar-refractivity contribution in [3.05, 3.63) is 29.8 Å². The molecule has 1 fully saturated rings. The molecule has 0 saturated heterocycles. The molecular formula is C15H23NO. The molecule has 1 aliphatic rings. The van der Waals surface area contributed by atoms with Crippen LogP contribution < -0.4 is 5.32 Å². The lowest BCUT2D eigenvalue weighted by Gasteiger charge is -2.29. The molecule has 0 spiro atoms. The van der Waals surface area contributed by atoms with E-state index in [4.69, 9.17) is 5.11 Å². The smallest absolute Gasteiger partial charge is 0.0681 e. The summed E-state index contributed by atoms with van der Waals surface area (Å²) in [5.41, 5.74) is 2.16. The standard InChI is InChI=1S/C15H23NO/c1-2-12-3-7-14(8-4-12)16-15-9-5-13(11-17)6-10-15/h5-6,9-10,12,14,16-17H,2-4,7-8,11H2,1H3. The summed E-state index contributed by atoms with van der Waals surface area (Å²) in [5, 5.41) is 12.6. The summed E-state index contributed by atoms with van der Waals surface area (Å²) in [6.45, 7) is 2.42. The second-order valence-corrected chi connectivity index (χ2v) is 5.13. The van der Waals surface area contributed by atoms with E-state index in [-0.39, 0.29) is 6.61 Å². The Kier molecular flexibility index (Phi) is 4.43. The van der Waals surface area contributed by atoms with E-state index in [1.807, 2.05) is 12.1 Å². The molecule has 0 bridgehead atoms. The van der Waals surface area contributed by atoms with Gasteiger partial charge in [0, 0.05) is 11.7 Å². The fourth-order valence-electron chi connectivity index (χ4n) is 2.66. The first-order chi connectivity index (χ1) is 8.31. The van der Waals surface area contributed by atoms with Gasteiger partial charge in [-0.3, -0.25) is 0 Å². The normalized spacial score (nSPS) is 24.6. The Morgan fingerprint density at radius 3 is 2.29 bits per heavy atom. The van der Waals surface area contributed by atoms with Crippen molar-refractivity contribution in [3.63, 3.8) is 0 Å². The van der Waals surface area contributed by atoms with Crippen LogP contribution in [-0.4, -0.2) is 11.1 Å². The number of hydrogen-bond donors (Lipinski definition) is 2. The molecule has 1 aliphatic carbocycles. The lowest BCUT2D eigenvalue weighted by molar-refractivity contribution is 0.282. The van der Waals surface area contributed by atoms with Gasteiger partial charge in [-0.2, -0.15) is 0 Å². The number of hydrogen-bond acceptors (Lipinski definition) is 2. The molecule has 0 heterocycles. The predicted molar refractivity (Wildman–Crippen MR) is 72.0 cm³/mol. The Morgan fingerprint density at radius 2 is 1.76 bits per heavy atom. The second kappa shape index (κ2) is 6.06. The second-order valence-electron chi connectivity index (χ2n) is 5.13. The maximum absolute atomic E-state index is 8.99. The van der Waals surface area contributed by atoms with Crippen molar-refractivity contribution >= 4 is 5.69 Å². The number of aliphatic hydroxyl groups excluding tert-OH is 1. The molecule has 0 aliphatic heterocycles. The summed E-state index contributed by atoms with van der Waals surface area (Å²) in [7, 11) is 0. The van der Waals surface area contributed by atoms with Gasteiger partial charge in [0.1, 0.15) is 0 Å².